The summed E-state index contributed by atoms with van der Waals surface area (Å²) in [6.45, 7) is 3.09. The van der Waals surface area contributed by atoms with E-state index in [9.17, 15) is 9.59 Å². The molecule has 5 nitrogen and oxygen atoms in total. The summed E-state index contributed by atoms with van der Waals surface area (Å²) in [4.78, 5) is 29.7. The Kier molecular flexibility index (Phi) is 7.28. The number of nitrogens with zero attached hydrogens (tertiary/aromatic N) is 2. The fourth-order valence-corrected chi connectivity index (χ4v) is 4.48. The molecule has 0 saturated heterocycles. The normalized spacial score (nSPS) is 13.8. The highest BCUT2D eigenvalue weighted by atomic mass is 16.3. The lowest BCUT2D eigenvalue weighted by Crippen LogP contribution is -2.35. The van der Waals surface area contributed by atoms with Gasteiger partial charge in [0.25, 0.3) is 0 Å². The third-order valence-corrected chi connectivity index (χ3v) is 6.56. The van der Waals surface area contributed by atoms with Gasteiger partial charge in [-0.05, 0) is 60.7 Å². The third-order valence-electron chi connectivity index (χ3n) is 6.56. The van der Waals surface area contributed by atoms with Crippen LogP contribution in [-0.4, -0.2) is 23.8 Å². The van der Waals surface area contributed by atoms with E-state index in [-0.39, 0.29) is 17.7 Å². The first-order valence-corrected chi connectivity index (χ1v) is 11.7. The fourth-order valence-electron chi connectivity index (χ4n) is 4.48. The number of carbonyl (C=O) groups excluding carboxylic acids is 2. The Balaban J connectivity index is 1.48. The van der Waals surface area contributed by atoms with Crippen LogP contribution in [0.4, 0.5) is 5.69 Å². The zero-order valence-electron chi connectivity index (χ0n) is 19.5. The van der Waals surface area contributed by atoms with Gasteiger partial charge in [-0.3, -0.25) is 9.59 Å². The molecule has 2 aromatic carbocycles. The average molecular weight is 445 g/mol. The van der Waals surface area contributed by atoms with Crippen LogP contribution in [0.3, 0.4) is 0 Å². The van der Waals surface area contributed by atoms with Crippen LogP contribution < -0.4 is 4.90 Å². The van der Waals surface area contributed by atoms with Crippen molar-refractivity contribution in [1.82, 2.24) is 4.90 Å². The van der Waals surface area contributed by atoms with Gasteiger partial charge in [0.1, 0.15) is 5.76 Å². The number of benzene rings is 2. The molecule has 0 unspecified atom stereocenters. The van der Waals surface area contributed by atoms with Crippen molar-refractivity contribution in [3.63, 3.8) is 0 Å². The predicted octanol–water partition coefficient (Wildman–Crippen LogP) is 5.51. The van der Waals surface area contributed by atoms with Gasteiger partial charge < -0.3 is 14.2 Å². The molecule has 2 amide bonds. The predicted molar refractivity (Wildman–Crippen MR) is 130 cm³/mol. The van der Waals surface area contributed by atoms with E-state index in [1.165, 1.54) is 5.56 Å². The fraction of sp³-hybridized carbons (Fsp3) is 0.357. The molecular weight excluding hydrogens is 412 g/mol. The molecule has 172 valence electrons. The molecule has 4 rings (SSSR count). The van der Waals surface area contributed by atoms with Gasteiger partial charge in [0.2, 0.25) is 11.8 Å². The topological polar surface area (TPSA) is 53.8 Å². The maximum atomic E-state index is 13.4. The Morgan fingerprint density at radius 1 is 0.939 bits per heavy atom. The molecule has 1 aliphatic carbocycles. The van der Waals surface area contributed by atoms with Crippen LogP contribution in [0.1, 0.15) is 48.1 Å². The molecule has 3 aromatic rings. The van der Waals surface area contributed by atoms with Crippen molar-refractivity contribution in [1.29, 1.82) is 0 Å². The quantitative estimate of drug-likeness (QED) is 0.460. The highest BCUT2D eigenvalue weighted by molar-refractivity contribution is 5.95. The van der Waals surface area contributed by atoms with Crippen molar-refractivity contribution in [2.24, 2.45) is 5.92 Å². The first kappa shape index (κ1) is 22.8. The molecular formula is C28H32N2O3. The second-order valence-corrected chi connectivity index (χ2v) is 9.00. The monoisotopic (exact) mass is 444 g/mol. The Bertz CT molecular complexity index is 1070. The number of hydrogen-bond donors (Lipinski definition) is 0. The van der Waals surface area contributed by atoms with E-state index in [0.717, 1.165) is 48.3 Å². The summed E-state index contributed by atoms with van der Waals surface area (Å²) in [5, 5.41) is 0. The van der Waals surface area contributed by atoms with Crippen molar-refractivity contribution < 1.29 is 14.0 Å². The summed E-state index contributed by atoms with van der Waals surface area (Å²) in [5.74, 6) is 1.10. The summed E-state index contributed by atoms with van der Waals surface area (Å²) >= 11 is 0. The number of furan rings is 1. The number of rotatable bonds is 8. The minimum absolute atomic E-state index is 0.0259. The van der Waals surface area contributed by atoms with E-state index in [0.29, 0.717) is 19.5 Å². The van der Waals surface area contributed by atoms with Crippen LogP contribution in [-0.2, 0) is 29.1 Å². The molecule has 1 heterocycles. The summed E-state index contributed by atoms with van der Waals surface area (Å²) in [5.41, 5.74) is 4.15. The first-order valence-electron chi connectivity index (χ1n) is 11.7. The third kappa shape index (κ3) is 5.72. The van der Waals surface area contributed by atoms with E-state index in [4.69, 9.17) is 4.42 Å². The molecule has 0 atom stereocenters. The summed E-state index contributed by atoms with van der Waals surface area (Å²) in [6, 6.07) is 19.8. The van der Waals surface area contributed by atoms with Crippen LogP contribution in [0.25, 0.3) is 0 Å². The van der Waals surface area contributed by atoms with Gasteiger partial charge in [-0.25, -0.2) is 0 Å². The van der Waals surface area contributed by atoms with Crippen LogP contribution in [0.5, 0.6) is 0 Å². The van der Waals surface area contributed by atoms with E-state index >= 15 is 0 Å². The van der Waals surface area contributed by atoms with Gasteiger partial charge in [-0.1, -0.05) is 49.2 Å². The van der Waals surface area contributed by atoms with Crippen molar-refractivity contribution in [2.75, 3.05) is 11.9 Å². The zero-order valence-corrected chi connectivity index (χ0v) is 19.5. The molecule has 1 fully saturated rings. The standard InChI is InChI=1S/C28H32N2O3/c1-21-8-3-4-11-24(21)19-30(28(32)23-9-5-6-10-23)25-15-13-22(14-16-25)18-27(31)29(2)20-26-12-7-17-33-26/h3-4,7-8,11-17,23H,5-6,9-10,18-20H2,1-2H3. The molecule has 33 heavy (non-hydrogen) atoms. The Labute approximate surface area is 196 Å². The Hall–Kier alpha value is -3.34. The molecule has 0 bridgehead atoms. The molecule has 0 radical (unpaired) electrons. The van der Waals surface area contributed by atoms with Crippen LogP contribution in [0.2, 0.25) is 0 Å². The summed E-state index contributed by atoms with van der Waals surface area (Å²) < 4.78 is 5.34. The average Bonchev–Trinajstić information content (AvgIpc) is 3.53. The maximum absolute atomic E-state index is 13.4. The van der Waals surface area contributed by atoms with Crippen LogP contribution in [0, 0.1) is 12.8 Å². The van der Waals surface area contributed by atoms with E-state index in [2.05, 4.69) is 19.1 Å². The maximum Gasteiger partial charge on any atom is 0.230 e. The first-order chi connectivity index (χ1) is 16.0. The smallest absolute Gasteiger partial charge is 0.230 e. The second-order valence-electron chi connectivity index (χ2n) is 9.00. The number of carbonyl (C=O) groups is 2. The van der Waals surface area contributed by atoms with Crippen molar-refractivity contribution in [3.8, 4) is 0 Å². The largest absolute Gasteiger partial charge is 0.467 e. The lowest BCUT2D eigenvalue weighted by atomic mass is 10.0. The van der Waals surface area contributed by atoms with Crippen LogP contribution in [0.15, 0.2) is 71.3 Å². The molecule has 0 spiro atoms. The van der Waals surface area contributed by atoms with Gasteiger partial charge in [-0.2, -0.15) is 0 Å². The van der Waals surface area contributed by atoms with Gasteiger partial charge in [0, 0.05) is 18.7 Å². The summed E-state index contributed by atoms with van der Waals surface area (Å²) in [6.07, 6.45) is 6.12. The van der Waals surface area contributed by atoms with Crippen molar-refractivity contribution in [3.05, 3.63) is 89.4 Å². The van der Waals surface area contributed by atoms with E-state index in [1.54, 1.807) is 18.2 Å². The lowest BCUT2D eigenvalue weighted by Gasteiger charge is -2.27. The molecule has 1 aromatic heterocycles. The second kappa shape index (κ2) is 10.5. The van der Waals surface area contributed by atoms with Crippen LogP contribution >= 0.6 is 0 Å². The molecule has 0 aliphatic heterocycles. The lowest BCUT2D eigenvalue weighted by molar-refractivity contribution is -0.130. The van der Waals surface area contributed by atoms with Crippen molar-refractivity contribution in [2.45, 2.75) is 52.1 Å². The van der Waals surface area contributed by atoms with E-state index in [1.807, 2.05) is 53.4 Å². The number of anilines is 1. The van der Waals surface area contributed by atoms with Gasteiger partial charge in [-0.15, -0.1) is 0 Å². The van der Waals surface area contributed by atoms with Gasteiger partial charge in [0.05, 0.1) is 25.8 Å². The highest BCUT2D eigenvalue weighted by Gasteiger charge is 2.28. The number of amides is 2. The molecule has 5 heteroatoms. The highest BCUT2D eigenvalue weighted by Crippen LogP contribution is 2.30. The van der Waals surface area contributed by atoms with E-state index < -0.39 is 0 Å². The Morgan fingerprint density at radius 3 is 2.33 bits per heavy atom. The molecule has 1 saturated carbocycles. The van der Waals surface area contributed by atoms with Crippen molar-refractivity contribution >= 4 is 17.5 Å². The SMILES string of the molecule is Cc1ccccc1CN(C(=O)C1CCCC1)c1ccc(CC(=O)N(C)Cc2ccco2)cc1. The van der Waals surface area contributed by atoms with Gasteiger partial charge in [0.15, 0.2) is 0 Å². The molecule has 0 N–H and O–H groups in total. The number of aryl methyl sites for hydroxylation is 1. The molecule has 1 aliphatic rings. The number of likely N-dealkylation sites (N-methyl/N-ethyl adjacent to an activating group) is 1. The Morgan fingerprint density at radius 2 is 1.67 bits per heavy atom. The van der Waals surface area contributed by atoms with Gasteiger partial charge >= 0.3 is 0 Å². The number of hydrogen-bond acceptors (Lipinski definition) is 3. The minimum atomic E-state index is 0.0259. The zero-order chi connectivity index (χ0) is 23.2. The minimum Gasteiger partial charge on any atom is -0.467 e. The summed E-state index contributed by atoms with van der Waals surface area (Å²) in [7, 11) is 1.78.